The number of carbonyl (C=O) groups excluding carboxylic acids is 2. The van der Waals surface area contributed by atoms with Crippen molar-refractivity contribution in [1.82, 2.24) is 5.32 Å². The second kappa shape index (κ2) is 3.48. The SMILES string of the molecule is CC1NC(=O)c2c(F)ccc(N)c2NC1=O. The van der Waals surface area contributed by atoms with Crippen LogP contribution >= 0.6 is 0 Å². The third-order valence-electron chi connectivity index (χ3n) is 2.40. The zero-order valence-corrected chi connectivity index (χ0v) is 8.50. The summed E-state index contributed by atoms with van der Waals surface area (Å²) >= 11 is 0. The summed E-state index contributed by atoms with van der Waals surface area (Å²) in [5.41, 5.74) is 5.56. The number of amides is 2. The van der Waals surface area contributed by atoms with Crippen molar-refractivity contribution in [1.29, 1.82) is 0 Å². The number of hydrogen-bond acceptors (Lipinski definition) is 3. The lowest BCUT2D eigenvalue weighted by Crippen LogP contribution is -2.38. The first-order chi connectivity index (χ1) is 7.50. The van der Waals surface area contributed by atoms with Crippen molar-refractivity contribution in [2.75, 3.05) is 11.1 Å². The van der Waals surface area contributed by atoms with E-state index < -0.39 is 23.7 Å². The van der Waals surface area contributed by atoms with E-state index >= 15 is 0 Å². The van der Waals surface area contributed by atoms with Crippen molar-refractivity contribution in [3.63, 3.8) is 0 Å². The first kappa shape index (κ1) is 10.4. The van der Waals surface area contributed by atoms with Crippen molar-refractivity contribution in [3.8, 4) is 0 Å². The molecule has 1 aromatic rings. The van der Waals surface area contributed by atoms with E-state index in [0.717, 1.165) is 6.07 Å². The topological polar surface area (TPSA) is 84.2 Å². The Bertz CT molecular complexity index is 487. The summed E-state index contributed by atoms with van der Waals surface area (Å²) in [4.78, 5) is 23.1. The number of nitrogen functional groups attached to an aromatic ring is 1. The summed E-state index contributed by atoms with van der Waals surface area (Å²) in [5, 5.41) is 4.79. The van der Waals surface area contributed by atoms with Crippen molar-refractivity contribution in [3.05, 3.63) is 23.5 Å². The summed E-state index contributed by atoms with van der Waals surface area (Å²) in [5.74, 6) is -1.79. The maximum Gasteiger partial charge on any atom is 0.257 e. The van der Waals surface area contributed by atoms with Gasteiger partial charge in [-0.3, -0.25) is 9.59 Å². The van der Waals surface area contributed by atoms with Crippen LogP contribution in [0.4, 0.5) is 15.8 Å². The smallest absolute Gasteiger partial charge is 0.257 e. The van der Waals surface area contributed by atoms with Crippen LogP contribution in [-0.4, -0.2) is 17.9 Å². The molecule has 0 radical (unpaired) electrons. The van der Waals surface area contributed by atoms with Crippen LogP contribution in [0.25, 0.3) is 0 Å². The van der Waals surface area contributed by atoms with Crippen molar-refractivity contribution >= 4 is 23.2 Å². The summed E-state index contributed by atoms with van der Waals surface area (Å²) < 4.78 is 13.5. The molecule has 0 saturated carbocycles. The molecule has 4 N–H and O–H groups in total. The molecule has 0 bridgehead atoms. The predicted molar refractivity (Wildman–Crippen MR) is 56.4 cm³/mol. The van der Waals surface area contributed by atoms with Crippen LogP contribution in [0.15, 0.2) is 12.1 Å². The van der Waals surface area contributed by atoms with Gasteiger partial charge in [0.05, 0.1) is 11.4 Å². The standard InChI is InChI=1S/C10H10FN3O2/c1-4-9(15)14-8-6(12)3-2-5(11)7(8)10(16)13-4/h2-4H,12H2,1H3,(H,13,16)(H,14,15). The van der Waals surface area contributed by atoms with Crippen LogP contribution in [0.1, 0.15) is 17.3 Å². The van der Waals surface area contributed by atoms with Gasteiger partial charge in [-0.2, -0.15) is 0 Å². The van der Waals surface area contributed by atoms with Crippen LogP contribution in [0.5, 0.6) is 0 Å². The van der Waals surface area contributed by atoms with Gasteiger partial charge in [-0.15, -0.1) is 0 Å². The van der Waals surface area contributed by atoms with Gasteiger partial charge >= 0.3 is 0 Å². The first-order valence-electron chi connectivity index (χ1n) is 4.70. The molecule has 1 aromatic carbocycles. The largest absolute Gasteiger partial charge is 0.397 e. The van der Waals surface area contributed by atoms with Crippen LogP contribution in [0.3, 0.4) is 0 Å². The summed E-state index contributed by atoms with van der Waals surface area (Å²) in [6.07, 6.45) is 0. The second-order valence-corrected chi connectivity index (χ2v) is 3.57. The van der Waals surface area contributed by atoms with E-state index in [9.17, 15) is 14.0 Å². The van der Waals surface area contributed by atoms with E-state index in [-0.39, 0.29) is 16.9 Å². The van der Waals surface area contributed by atoms with Crippen LogP contribution < -0.4 is 16.4 Å². The molecular formula is C10H10FN3O2. The molecule has 6 heteroatoms. The fourth-order valence-corrected chi connectivity index (χ4v) is 1.52. The molecule has 0 aromatic heterocycles. The lowest BCUT2D eigenvalue weighted by molar-refractivity contribution is -0.117. The highest BCUT2D eigenvalue weighted by Gasteiger charge is 2.28. The Hall–Kier alpha value is -2.11. The molecule has 0 saturated heterocycles. The minimum Gasteiger partial charge on any atom is -0.397 e. The van der Waals surface area contributed by atoms with E-state index in [4.69, 9.17) is 5.73 Å². The Kier molecular flexibility index (Phi) is 2.26. The summed E-state index contributed by atoms with van der Waals surface area (Å²) in [7, 11) is 0. The maximum absolute atomic E-state index is 13.5. The molecule has 0 spiro atoms. The molecule has 1 aliphatic rings. The Morgan fingerprint density at radius 1 is 1.38 bits per heavy atom. The number of carbonyl (C=O) groups is 2. The zero-order chi connectivity index (χ0) is 11.9. The van der Waals surface area contributed by atoms with Crippen LogP contribution in [0, 0.1) is 5.82 Å². The highest BCUT2D eigenvalue weighted by Crippen LogP contribution is 2.27. The monoisotopic (exact) mass is 223 g/mol. The Morgan fingerprint density at radius 2 is 2.06 bits per heavy atom. The normalized spacial score (nSPS) is 19.5. The number of benzene rings is 1. The van der Waals surface area contributed by atoms with Gasteiger partial charge in [0.2, 0.25) is 5.91 Å². The fraction of sp³-hybridized carbons (Fsp3) is 0.200. The highest BCUT2D eigenvalue weighted by molar-refractivity contribution is 6.12. The molecule has 16 heavy (non-hydrogen) atoms. The molecule has 2 rings (SSSR count). The first-order valence-corrected chi connectivity index (χ1v) is 4.70. The average molecular weight is 223 g/mol. The third kappa shape index (κ3) is 1.48. The predicted octanol–water partition coefficient (Wildman–Crippen LogP) is 0.478. The van der Waals surface area contributed by atoms with Crippen molar-refractivity contribution in [2.45, 2.75) is 13.0 Å². The summed E-state index contributed by atoms with van der Waals surface area (Å²) in [6, 6.07) is 1.67. The number of halogens is 1. The second-order valence-electron chi connectivity index (χ2n) is 3.57. The molecule has 5 nitrogen and oxygen atoms in total. The number of hydrogen-bond donors (Lipinski definition) is 3. The van der Waals surface area contributed by atoms with Crippen LogP contribution in [-0.2, 0) is 4.79 Å². The quantitative estimate of drug-likeness (QED) is 0.559. The van der Waals surface area contributed by atoms with Gasteiger partial charge in [0.25, 0.3) is 5.91 Å². The molecule has 0 fully saturated rings. The number of fused-ring (bicyclic) bond motifs is 1. The molecule has 84 valence electrons. The zero-order valence-electron chi connectivity index (χ0n) is 8.50. The van der Waals surface area contributed by atoms with Gasteiger partial charge in [-0.1, -0.05) is 0 Å². The molecular weight excluding hydrogens is 213 g/mol. The van der Waals surface area contributed by atoms with Crippen molar-refractivity contribution < 1.29 is 14.0 Å². The maximum atomic E-state index is 13.5. The van der Waals surface area contributed by atoms with E-state index in [1.165, 1.54) is 13.0 Å². The van der Waals surface area contributed by atoms with Gasteiger partial charge < -0.3 is 16.4 Å². The third-order valence-corrected chi connectivity index (χ3v) is 2.40. The lowest BCUT2D eigenvalue weighted by Gasteiger charge is -2.08. The summed E-state index contributed by atoms with van der Waals surface area (Å²) in [6.45, 7) is 1.51. The lowest BCUT2D eigenvalue weighted by atomic mass is 10.1. The number of anilines is 2. The van der Waals surface area contributed by atoms with Gasteiger partial charge in [0, 0.05) is 0 Å². The van der Waals surface area contributed by atoms with Crippen molar-refractivity contribution in [2.24, 2.45) is 0 Å². The van der Waals surface area contributed by atoms with E-state index in [1.807, 2.05) is 0 Å². The molecule has 1 aliphatic heterocycles. The van der Waals surface area contributed by atoms with Gasteiger partial charge in [-0.25, -0.2) is 4.39 Å². The van der Waals surface area contributed by atoms with Gasteiger partial charge in [0.15, 0.2) is 0 Å². The van der Waals surface area contributed by atoms with E-state index in [1.54, 1.807) is 0 Å². The average Bonchev–Trinajstić information content (AvgIpc) is 2.33. The molecule has 1 atom stereocenters. The Labute approximate surface area is 90.8 Å². The van der Waals surface area contributed by atoms with Gasteiger partial charge in [0.1, 0.15) is 17.4 Å². The number of rotatable bonds is 0. The Balaban J connectivity index is 2.64. The van der Waals surface area contributed by atoms with Gasteiger partial charge in [-0.05, 0) is 19.1 Å². The molecule has 2 amide bonds. The molecule has 0 aliphatic carbocycles. The minimum absolute atomic E-state index is 0.0341. The van der Waals surface area contributed by atoms with E-state index in [2.05, 4.69) is 10.6 Å². The minimum atomic E-state index is -0.723. The fourth-order valence-electron chi connectivity index (χ4n) is 1.52. The Morgan fingerprint density at radius 3 is 2.75 bits per heavy atom. The van der Waals surface area contributed by atoms with Crippen LogP contribution in [0.2, 0.25) is 0 Å². The number of nitrogens with one attached hydrogen (secondary N) is 2. The number of nitrogens with two attached hydrogens (primary N) is 1. The molecule has 1 unspecified atom stereocenters. The molecule has 1 heterocycles. The highest BCUT2D eigenvalue weighted by atomic mass is 19.1. The van der Waals surface area contributed by atoms with E-state index in [0.29, 0.717) is 0 Å².